The first-order chi connectivity index (χ1) is 12.1. The zero-order chi connectivity index (χ0) is 17.4. The van der Waals surface area contributed by atoms with Crippen LogP contribution in [0.3, 0.4) is 0 Å². The molecule has 2 N–H and O–H groups in total. The molecule has 2 aliphatic rings. The Morgan fingerprint density at radius 1 is 1.48 bits per heavy atom. The average Bonchev–Trinajstić information content (AvgIpc) is 3.09. The number of morpholine rings is 1. The minimum absolute atomic E-state index is 0.00273. The van der Waals surface area contributed by atoms with Crippen molar-refractivity contribution in [3.8, 4) is 0 Å². The molecule has 2 aromatic heterocycles. The first-order valence-electron chi connectivity index (χ1n) is 8.68. The molecular weight excluding hydrogens is 340 g/mol. The Kier molecular flexibility index (Phi) is 4.58. The van der Waals surface area contributed by atoms with Gasteiger partial charge in [0.15, 0.2) is 0 Å². The van der Waals surface area contributed by atoms with Crippen LogP contribution in [0.15, 0.2) is 16.2 Å². The lowest BCUT2D eigenvalue weighted by Crippen LogP contribution is -2.53. The molecule has 3 heterocycles. The fourth-order valence-electron chi connectivity index (χ4n) is 3.85. The number of fused-ring (bicyclic) bond motifs is 2. The highest BCUT2D eigenvalue weighted by molar-refractivity contribution is 7.17. The minimum atomic E-state index is -0.139. The van der Waals surface area contributed by atoms with E-state index in [0.29, 0.717) is 22.6 Å². The number of ether oxygens (including phenoxy) is 1. The van der Waals surface area contributed by atoms with Crippen molar-refractivity contribution in [2.75, 3.05) is 20.2 Å². The van der Waals surface area contributed by atoms with E-state index in [0.717, 1.165) is 32.4 Å². The normalized spacial score (nSPS) is 26.4. The number of aromatic nitrogens is 2. The molecule has 1 amide bonds. The summed E-state index contributed by atoms with van der Waals surface area (Å²) in [4.78, 5) is 33.8. The highest BCUT2D eigenvalue weighted by atomic mass is 32.1. The van der Waals surface area contributed by atoms with Crippen molar-refractivity contribution in [1.82, 2.24) is 20.2 Å². The molecule has 25 heavy (non-hydrogen) atoms. The predicted molar refractivity (Wildman–Crippen MR) is 95.6 cm³/mol. The molecule has 2 aromatic rings. The monoisotopic (exact) mass is 362 g/mol. The number of carbonyl (C=O) groups excluding carboxylic acids is 1. The number of rotatable bonds is 3. The smallest absolute Gasteiger partial charge is 0.268 e. The van der Waals surface area contributed by atoms with Crippen molar-refractivity contribution < 1.29 is 9.53 Å². The van der Waals surface area contributed by atoms with Crippen LogP contribution in [0.1, 0.15) is 25.1 Å². The van der Waals surface area contributed by atoms with Crippen LogP contribution in [0.25, 0.3) is 10.2 Å². The maximum absolute atomic E-state index is 12.8. The molecule has 1 saturated heterocycles. The molecule has 7 nitrogen and oxygen atoms in total. The highest BCUT2D eigenvalue weighted by Gasteiger charge is 2.36. The van der Waals surface area contributed by atoms with Gasteiger partial charge in [-0.25, -0.2) is 4.98 Å². The molecule has 1 saturated carbocycles. The molecule has 0 bridgehead atoms. The number of thiophene rings is 1. The molecule has 2 fully saturated rings. The van der Waals surface area contributed by atoms with Crippen molar-refractivity contribution in [2.24, 2.45) is 5.92 Å². The van der Waals surface area contributed by atoms with Crippen LogP contribution in [0.4, 0.5) is 0 Å². The van der Waals surface area contributed by atoms with Crippen molar-refractivity contribution in [2.45, 2.75) is 38.0 Å². The van der Waals surface area contributed by atoms with E-state index < -0.39 is 0 Å². The van der Waals surface area contributed by atoms with E-state index in [4.69, 9.17) is 4.74 Å². The summed E-state index contributed by atoms with van der Waals surface area (Å²) in [5, 5.41) is 5.32. The van der Waals surface area contributed by atoms with Crippen LogP contribution >= 0.6 is 11.3 Å². The van der Waals surface area contributed by atoms with Crippen molar-refractivity contribution >= 4 is 27.5 Å². The second kappa shape index (κ2) is 6.86. The Balaban J connectivity index is 1.43. The molecule has 0 aromatic carbocycles. The van der Waals surface area contributed by atoms with Gasteiger partial charge in [-0.05, 0) is 30.7 Å². The third-order valence-corrected chi connectivity index (χ3v) is 6.01. The maximum atomic E-state index is 12.8. The van der Waals surface area contributed by atoms with E-state index in [1.165, 1.54) is 11.3 Å². The van der Waals surface area contributed by atoms with E-state index in [9.17, 15) is 9.59 Å². The van der Waals surface area contributed by atoms with Crippen LogP contribution < -0.4 is 10.9 Å². The van der Waals surface area contributed by atoms with E-state index >= 15 is 0 Å². The SMILES string of the molecule is CN(Cc1nc2ccsc2c(=O)[nH]1)C(=O)[C@H]1CC[C@H]2OCCN[C@@H]2C1. The van der Waals surface area contributed by atoms with Gasteiger partial charge in [-0.3, -0.25) is 9.59 Å². The summed E-state index contributed by atoms with van der Waals surface area (Å²) in [6, 6.07) is 2.10. The van der Waals surface area contributed by atoms with Crippen molar-refractivity contribution in [1.29, 1.82) is 0 Å². The van der Waals surface area contributed by atoms with Gasteiger partial charge in [0.2, 0.25) is 5.91 Å². The summed E-state index contributed by atoms with van der Waals surface area (Å²) < 4.78 is 6.40. The van der Waals surface area contributed by atoms with Crippen LogP contribution in [-0.4, -0.2) is 53.1 Å². The largest absolute Gasteiger partial charge is 0.375 e. The summed E-state index contributed by atoms with van der Waals surface area (Å²) in [5.41, 5.74) is 0.550. The zero-order valence-electron chi connectivity index (χ0n) is 14.2. The molecule has 0 unspecified atom stereocenters. The zero-order valence-corrected chi connectivity index (χ0v) is 15.0. The Labute approximate surface area is 149 Å². The fraction of sp³-hybridized carbons (Fsp3) is 0.588. The van der Waals surface area contributed by atoms with Gasteiger partial charge in [0.25, 0.3) is 5.56 Å². The molecule has 8 heteroatoms. The lowest BCUT2D eigenvalue weighted by atomic mass is 9.82. The lowest BCUT2D eigenvalue weighted by molar-refractivity contribution is -0.138. The summed E-state index contributed by atoms with van der Waals surface area (Å²) in [6.45, 7) is 1.92. The van der Waals surface area contributed by atoms with Crippen molar-refractivity contribution in [3.05, 3.63) is 27.6 Å². The number of hydrogen-bond acceptors (Lipinski definition) is 6. The molecular formula is C17H22N4O3S. The summed E-state index contributed by atoms with van der Waals surface area (Å²) in [5.74, 6) is 0.635. The summed E-state index contributed by atoms with van der Waals surface area (Å²) in [7, 11) is 1.77. The number of aromatic amines is 1. The standard InChI is InChI=1S/C17H22N4O3S/c1-21(9-14-19-11-4-7-25-15(11)16(22)20-14)17(23)10-2-3-13-12(8-10)18-5-6-24-13/h4,7,10,12-13,18H,2-3,5-6,8-9H2,1H3,(H,19,20,22)/t10-,12+,13+/m0/s1. The van der Waals surface area contributed by atoms with E-state index in [1.54, 1.807) is 11.9 Å². The lowest BCUT2D eigenvalue weighted by Gasteiger charge is -2.40. The summed E-state index contributed by atoms with van der Waals surface area (Å²) in [6.07, 6.45) is 2.81. The second-order valence-corrected chi connectivity index (χ2v) is 7.74. The van der Waals surface area contributed by atoms with E-state index in [1.807, 2.05) is 11.4 Å². The van der Waals surface area contributed by atoms with E-state index in [2.05, 4.69) is 15.3 Å². The topological polar surface area (TPSA) is 87.3 Å². The van der Waals surface area contributed by atoms with Crippen LogP contribution in [0, 0.1) is 5.92 Å². The van der Waals surface area contributed by atoms with Gasteiger partial charge in [-0.15, -0.1) is 11.3 Å². The average molecular weight is 362 g/mol. The van der Waals surface area contributed by atoms with E-state index in [-0.39, 0.29) is 29.5 Å². The van der Waals surface area contributed by atoms with Gasteiger partial charge in [0, 0.05) is 25.6 Å². The van der Waals surface area contributed by atoms with Crippen LogP contribution in [0.2, 0.25) is 0 Å². The molecule has 0 spiro atoms. The Hall–Kier alpha value is -1.77. The van der Waals surface area contributed by atoms with Gasteiger partial charge in [0.05, 0.1) is 24.8 Å². The number of nitrogens with zero attached hydrogens (tertiary/aromatic N) is 2. The van der Waals surface area contributed by atoms with Crippen LogP contribution in [0.5, 0.6) is 0 Å². The summed E-state index contributed by atoms with van der Waals surface area (Å²) >= 11 is 1.38. The second-order valence-electron chi connectivity index (χ2n) is 6.82. The number of nitrogens with one attached hydrogen (secondary N) is 2. The molecule has 1 aliphatic carbocycles. The Morgan fingerprint density at radius 3 is 3.24 bits per heavy atom. The first-order valence-corrected chi connectivity index (χ1v) is 9.56. The molecule has 1 aliphatic heterocycles. The van der Waals surface area contributed by atoms with Gasteiger partial charge in [0.1, 0.15) is 10.5 Å². The number of H-pyrrole nitrogens is 1. The van der Waals surface area contributed by atoms with Crippen LogP contribution in [-0.2, 0) is 16.1 Å². The minimum Gasteiger partial charge on any atom is -0.375 e. The Bertz CT molecular complexity index is 833. The first kappa shape index (κ1) is 16.7. The van der Waals surface area contributed by atoms with Crippen molar-refractivity contribution in [3.63, 3.8) is 0 Å². The predicted octanol–water partition coefficient (Wildman–Crippen LogP) is 1.10. The number of carbonyl (C=O) groups is 1. The molecule has 3 atom stereocenters. The molecule has 134 valence electrons. The third-order valence-electron chi connectivity index (χ3n) is 5.10. The number of hydrogen-bond donors (Lipinski definition) is 2. The maximum Gasteiger partial charge on any atom is 0.268 e. The van der Waals surface area contributed by atoms with Gasteiger partial charge < -0.3 is 19.9 Å². The number of amides is 1. The molecule has 0 radical (unpaired) electrons. The fourth-order valence-corrected chi connectivity index (χ4v) is 4.57. The Morgan fingerprint density at radius 2 is 2.36 bits per heavy atom. The van der Waals surface area contributed by atoms with Gasteiger partial charge >= 0.3 is 0 Å². The third kappa shape index (κ3) is 3.33. The molecule has 4 rings (SSSR count). The van der Waals surface area contributed by atoms with Gasteiger partial charge in [-0.1, -0.05) is 0 Å². The van der Waals surface area contributed by atoms with Gasteiger partial charge in [-0.2, -0.15) is 0 Å². The highest BCUT2D eigenvalue weighted by Crippen LogP contribution is 2.29. The quantitative estimate of drug-likeness (QED) is 0.854.